The molecule has 0 aliphatic heterocycles. The number of rotatable bonds is 3. The lowest BCUT2D eigenvalue weighted by Gasteiger charge is -2.06. The van der Waals surface area contributed by atoms with Gasteiger partial charge in [-0.3, -0.25) is 0 Å². The van der Waals surface area contributed by atoms with Crippen LogP contribution in [0.15, 0.2) is 3.92 Å². The van der Waals surface area contributed by atoms with E-state index in [2.05, 4.69) is 37.4 Å². The maximum atomic E-state index is 5.27. The fourth-order valence-corrected chi connectivity index (χ4v) is 1.74. The summed E-state index contributed by atoms with van der Waals surface area (Å²) >= 11 is 4.65. The van der Waals surface area contributed by atoms with Crippen molar-refractivity contribution in [1.29, 1.82) is 0 Å². The normalized spacial score (nSPS) is 12.1. The van der Waals surface area contributed by atoms with Crippen LogP contribution in [0.1, 0.15) is 13.3 Å². The third kappa shape index (κ3) is 2.47. The van der Waals surface area contributed by atoms with Gasteiger partial charge in [-0.1, -0.05) is 24.2 Å². The molecule has 1 aromatic rings. The Balaban J connectivity index is 2.58. The highest BCUT2D eigenvalue weighted by Crippen LogP contribution is 2.20. The summed E-state index contributed by atoms with van der Waals surface area (Å²) in [6.45, 7) is 2.02. The minimum Gasteiger partial charge on any atom is -0.346 e. The van der Waals surface area contributed by atoms with Gasteiger partial charge in [-0.05, 0) is 22.4 Å². The lowest BCUT2D eigenvalue weighted by molar-refractivity contribution is 0.850. The largest absolute Gasteiger partial charge is 0.346 e. The Bertz CT molecular complexity index is 291. The van der Waals surface area contributed by atoms with Crippen molar-refractivity contribution < 1.29 is 0 Å². The molecule has 5 heteroatoms. The maximum Gasteiger partial charge on any atom is 0.207 e. The van der Waals surface area contributed by atoms with Gasteiger partial charge in [-0.25, -0.2) is 0 Å². The van der Waals surface area contributed by atoms with E-state index in [1.165, 1.54) is 11.3 Å². The molecular formula is C7H8BrN3S. The molecule has 0 bridgehead atoms. The number of halogens is 1. The highest BCUT2D eigenvalue weighted by atomic mass is 79.9. The molecule has 0 saturated heterocycles. The Labute approximate surface area is 83.7 Å². The lowest BCUT2D eigenvalue weighted by Crippen LogP contribution is -2.15. The smallest absolute Gasteiger partial charge is 0.207 e. The van der Waals surface area contributed by atoms with Crippen molar-refractivity contribution in [2.45, 2.75) is 19.4 Å². The van der Waals surface area contributed by atoms with E-state index >= 15 is 0 Å². The molecule has 1 rings (SSSR count). The van der Waals surface area contributed by atoms with Crippen molar-refractivity contribution in [2.24, 2.45) is 0 Å². The Morgan fingerprint density at radius 1 is 1.75 bits per heavy atom. The molecule has 0 saturated carbocycles. The number of hydrogen-bond donors (Lipinski definition) is 1. The van der Waals surface area contributed by atoms with Crippen LogP contribution in [-0.2, 0) is 0 Å². The van der Waals surface area contributed by atoms with E-state index in [0.29, 0.717) is 0 Å². The Morgan fingerprint density at radius 3 is 2.92 bits per heavy atom. The van der Waals surface area contributed by atoms with E-state index in [1.54, 1.807) is 0 Å². The van der Waals surface area contributed by atoms with Gasteiger partial charge in [0.1, 0.15) is 0 Å². The zero-order valence-corrected chi connectivity index (χ0v) is 8.94. The van der Waals surface area contributed by atoms with Gasteiger partial charge in [-0.2, -0.15) is 0 Å². The van der Waals surface area contributed by atoms with Crippen LogP contribution in [0.5, 0.6) is 0 Å². The second-order valence-electron chi connectivity index (χ2n) is 2.13. The summed E-state index contributed by atoms with van der Waals surface area (Å²) in [4.78, 5) is 0. The maximum absolute atomic E-state index is 5.27. The minimum atomic E-state index is 0.0462. The fourth-order valence-electron chi connectivity index (χ4n) is 0.674. The van der Waals surface area contributed by atoms with Crippen molar-refractivity contribution in [3.05, 3.63) is 3.92 Å². The van der Waals surface area contributed by atoms with Crippen molar-refractivity contribution in [3.8, 4) is 12.3 Å². The number of aromatic nitrogens is 2. The molecule has 3 nitrogen and oxygen atoms in total. The van der Waals surface area contributed by atoms with Crippen LogP contribution in [0.4, 0.5) is 5.13 Å². The van der Waals surface area contributed by atoms with Crippen LogP contribution in [0.25, 0.3) is 0 Å². The summed E-state index contributed by atoms with van der Waals surface area (Å²) in [6, 6.07) is 0.0462. The second kappa shape index (κ2) is 4.43. The topological polar surface area (TPSA) is 37.8 Å². The summed E-state index contributed by atoms with van der Waals surface area (Å²) in [5.74, 6) is 2.62. The summed E-state index contributed by atoms with van der Waals surface area (Å²) in [7, 11) is 0. The van der Waals surface area contributed by atoms with Crippen LogP contribution >= 0.6 is 27.3 Å². The SMILES string of the molecule is C#CC(CC)Nc1nnc(Br)s1. The average Bonchev–Trinajstić information content (AvgIpc) is 2.47. The Hall–Kier alpha value is -0.600. The van der Waals surface area contributed by atoms with Gasteiger partial charge in [0.15, 0.2) is 3.92 Å². The molecule has 0 aliphatic carbocycles. The van der Waals surface area contributed by atoms with Crippen LogP contribution in [0, 0.1) is 12.3 Å². The number of hydrogen-bond acceptors (Lipinski definition) is 4. The van der Waals surface area contributed by atoms with E-state index in [-0.39, 0.29) is 6.04 Å². The third-order valence-electron chi connectivity index (χ3n) is 1.31. The van der Waals surface area contributed by atoms with Gasteiger partial charge in [0.05, 0.1) is 6.04 Å². The minimum absolute atomic E-state index is 0.0462. The first-order valence-corrected chi connectivity index (χ1v) is 5.09. The van der Waals surface area contributed by atoms with E-state index in [0.717, 1.165) is 15.5 Å². The predicted molar refractivity (Wildman–Crippen MR) is 54.1 cm³/mol. The average molecular weight is 246 g/mol. The molecule has 0 fully saturated rings. The molecule has 1 N–H and O–H groups in total. The zero-order chi connectivity index (χ0) is 8.97. The zero-order valence-electron chi connectivity index (χ0n) is 6.54. The van der Waals surface area contributed by atoms with Crippen LogP contribution in [-0.4, -0.2) is 16.2 Å². The molecule has 1 heterocycles. The van der Waals surface area contributed by atoms with Crippen molar-refractivity contribution in [2.75, 3.05) is 5.32 Å². The number of anilines is 1. The molecule has 1 atom stereocenters. The molecule has 0 amide bonds. The number of nitrogens with zero attached hydrogens (tertiary/aromatic N) is 2. The first-order chi connectivity index (χ1) is 5.76. The molecule has 0 aromatic carbocycles. The summed E-state index contributed by atoms with van der Waals surface area (Å²) in [5, 5.41) is 11.5. The molecule has 64 valence electrons. The number of nitrogens with one attached hydrogen (secondary N) is 1. The molecule has 0 aliphatic rings. The molecule has 0 radical (unpaired) electrons. The standard InChI is InChI=1S/C7H8BrN3S/c1-3-5(4-2)9-7-11-10-6(8)12-7/h1,5H,4H2,2H3,(H,9,11). The van der Waals surface area contributed by atoms with Crippen LogP contribution in [0.3, 0.4) is 0 Å². The quantitative estimate of drug-likeness (QED) is 0.830. The predicted octanol–water partition coefficient (Wildman–Crippen LogP) is 2.12. The van der Waals surface area contributed by atoms with Crippen molar-refractivity contribution in [3.63, 3.8) is 0 Å². The third-order valence-corrected chi connectivity index (χ3v) is 2.59. The Morgan fingerprint density at radius 2 is 2.50 bits per heavy atom. The molecule has 1 aromatic heterocycles. The first kappa shape index (κ1) is 9.49. The van der Waals surface area contributed by atoms with Crippen molar-refractivity contribution >= 4 is 32.4 Å². The monoisotopic (exact) mass is 245 g/mol. The van der Waals surface area contributed by atoms with E-state index < -0.39 is 0 Å². The van der Waals surface area contributed by atoms with Crippen LogP contribution < -0.4 is 5.32 Å². The van der Waals surface area contributed by atoms with Gasteiger partial charge in [-0.15, -0.1) is 16.6 Å². The Kier molecular flexibility index (Phi) is 3.50. The highest BCUT2D eigenvalue weighted by Gasteiger charge is 2.05. The van der Waals surface area contributed by atoms with E-state index in [4.69, 9.17) is 6.42 Å². The summed E-state index contributed by atoms with van der Waals surface area (Å²) in [5.41, 5.74) is 0. The number of terminal acetylenes is 1. The lowest BCUT2D eigenvalue weighted by atomic mass is 10.2. The van der Waals surface area contributed by atoms with Gasteiger partial charge in [0.2, 0.25) is 5.13 Å². The molecular weight excluding hydrogens is 238 g/mol. The molecule has 0 spiro atoms. The van der Waals surface area contributed by atoms with Crippen molar-refractivity contribution in [1.82, 2.24) is 10.2 Å². The summed E-state index contributed by atoms with van der Waals surface area (Å²) in [6.07, 6.45) is 6.15. The first-order valence-electron chi connectivity index (χ1n) is 3.48. The van der Waals surface area contributed by atoms with Gasteiger partial charge >= 0.3 is 0 Å². The van der Waals surface area contributed by atoms with Gasteiger partial charge in [0, 0.05) is 0 Å². The van der Waals surface area contributed by atoms with Gasteiger partial charge < -0.3 is 5.32 Å². The van der Waals surface area contributed by atoms with Crippen LogP contribution in [0.2, 0.25) is 0 Å². The van der Waals surface area contributed by atoms with Gasteiger partial charge in [0.25, 0.3) is 0 Å². The summed E-state index contributed by atoms with van der Waals surface area (Å²) < 4.78 is 0.761. The highest BCUT2D eigenvalue weighted by molar-refractivity contribution is 9.11. The van der Waals surface area contributed by atoms with E-state index in [9.17, 15) is 0 Å². The molecule has 1 unspecified atom stereocenters. The second-order valence-corrected chi connectivity index (χ2v) is 4.39. The van der Waals surface area contributed by atoms with E-state index in [1.807, 2.05) is 6.92 Å². The fraction of sp³-hybridized carbons (Fsp3) is 0.429. The molecule has 12 heavy (non-hydrogen) atoms.